The third kappa shape index (κ3) is 3.05. The number of nitrogens with two attached hydrogens (primary N) is 1. The summed E-state index contributed by atoms with van der Waals surface area (Å²) in [6, 6.07) is 7.74. The van der Waals surface area contributed by atoms with Crippen LogP contribution in [-0.4, -0.2) is 4.98 Å². The zero-order chi connectivity index (χ0) is 12.3. The van der Waals surface area contributed by atoms with Crippen molar-refractivity contribution in [3.05, 3.63) is 52.3 Å². The zero-order valence-corrected chi connectivity index (χ0v) is 11.1. The van der Waals surface area contributed by atoms with Gasteiger partial charge in [-0.1, -0.05) is 6.07 Å². The van der Waals surface area contributed by atoms with Crippen molar-refractivity contribution >= 4 is 15.9 Å². The van der Waals surface area contributed by atoms with Crippen LogP contribution in [-0.2, 0) is 6.54 Å². The van der Waals surface area contributed by atoms with Crippen molar-refractivity contribution in [1.29, 1.82) is 0 Å². The molecule has 0 aliphatic carbocycles. The second-order valence-corrected chi connectivity index (χ2v) is 4.65. The maximum absolute atomic E-state index is 5.71. The molecule has 17 heavy (non-hydrogen) atoms. The Hall–Kier alpha value is -1.39. The van der Waals surface area contributed by atoms with Gasteiger partial charge >= 0.3 is 0 Å². The lowest BCUT2D eigenvalue weighted by molar-refractivity contribution is 0.479. The number of hydrogen-bond donors (Lipinski definition) is 1. The van der Waals surface area contributed by atoms with Gasteiger partial charge in [0.1, 0.15) is 11.5 Å². The molecular formula is C13H13BrN2O. The van der Waals surface area contributed by atoms with Crippen molar-refractivity contribution in [1.82, 2.24) is 4.98 Å². The Morgan fingerprint density at radius 1 is 1.24 bits per heavy atom. The molecule has 0 amide bonds. The summed E-state index contributed by atoms with van der Waals surface area (Å²) >= 11 is 3.35. The predicted molar refractivity (Wildman–Crippen MR) is 71.1 cm³/mol. The number of halogens is 1. The molecule has 1 aromatic heterocycles. The molecule has 2 aromatic rings. The minimum absolute atomic E-state index is 0.546. The highest BCUT2D eigenvalue weighted by atomic mass is 79.9. The predicted octanol–water partition coefficient (Wildman–Crippen LogP) is 3.40. The first kappa shape index (κ1) is 12.1. The maximum atomic E-state index is 5.71. The van der Waals surface area contributed by atoms with E-state index in [-0.39, 0.29) is 0 Å². The first-order valence-corrected chi connectivity index (χ1v) is 6.06. The first-order valence-electron chi connectivity index (χ1n) is 5.27. The van der Waals surface area contributed by atoms with Crippen LogP contribution >= 0.6 is 15.9 Å². The van der Waals surface area contributed by atoms with Crippen LogP contribution in [0, 0.1) is 6.92 Å². The molecule has 0 bridgehead atoms. The maximum Gasteiger partial charge on any atom is 0.146 e. The molecule has 2 N–H and O–H groups in total. The van der Waals surface area contributed by atoms with E-state index >= 15 is 0 Å². The molecular weight excluding hydrogens is 280 g/mol. The van der Waals surface area contributed by atoms with E-state index in [1.165, 1.54) is 0 Å². The quantitative estimate of drug-likeness (QED) is 0.943. The van der Waals surface area contributed by atoms with Crippen LogP contribution in [0.3, 0.4) is 0 Å². The third-order valence-corrected chi connectivity index (χ3v) is 2.88. The lowest BCUT2D eigenvalue weighted by Gasteiger charge is -2.08. The lowest BCUT2D eigenvalue weighted by atomic mass is 10.1. The van der Waals surface area contributed by atoms with Crippen LogP contribution in [0.2, 0.25) is 0 Å². The number of nitrogens with zero attached hydrogens (tertiary/aromatic N) is 1. The minimum atomic E-state index is 0.546. The molecule has 1 heterocycles. The minimum Gasteiger partial charge on any atom is -0.456 e. The Morgan fingerprint density at radius 2 is 2.06 bits per heavy atom. The highest BCUT2D eigenvalue weighted by Crippen LogP contribution is 2.25. The summed E-state index contributed by atoms with van der Waals surface area (Å²) in [6.07, 6.45) is 3.40. The van der Waals surface area contributed by atoms with Crippen molar-refractivity contribution in [3.8, 4) is 11.5 Å². The fourth-order valence-electron chi connectivity index (χ4n) is 1.55. The monoisotopic (exact) mass is 292 g/mol. The van der Waals surface area contributed by atoms with E-state index < -0.39 is 0 Å². The van der Waals surface area contributed by atoms with Gasteiger partial charge in [-0.3, -0.25) is 4.98 Å². The van der Waals surface area contributed by atoms with Crippen molar-refractivity contribution in [2.24, 2.45) is 5.73 Å². The molecule has 0 aliphatic rings. The van der Waals surface area contributed by atoms with Crippen LogP contribution in [0.25, 0.3) is 0 Å². The standard InChI is InChI=1S/C13H13BrN2O/c1-9-4-12(3-2-10(9)6-15)17-13-5-11(14)7-16-8-13/h2-5,7-8H,6,15H2,1H3. The van der Waals surface area contributed by atoms with Gasteiger partial charge in [0.05, 0.1) is 6.20 Å². The van der Waals surface area contributed by atoms with Gasteiger partial charge in [0.15, 0.2) is 0 Å². The number of pyridine rings is 1. The van der Waals surface area contributed by atoms with Crippen LogP contribution in [0.4, 0.5) is 0 Å². The molecule has 0 saturated carbocycles. The van der Waals surface area contributed by atoms with Gasteiger partial charge in [0.2, 0.25) is 0 Å². The Kier molecular flexibility index (Phi) is 3.76. The molecule has 0 saturated heterocycles. The van der Waals surface area contributed by atoms with Gasteiger partial charge in [-0.15, -0.1) is 0 Å². The van der Waals surface area contributed by atoms with Crippen LogP contribution in [0.5, 0.6) is 11.5 Å². The summed E-state index contributed by atoms with van der Waals surface area (Å²) in [5.41, 5.74) is 7.88. The van der Waals surface area contributed by atoms with Gasteiger partial charge in [-0.25, -0.2) is 0 Å². The van der Waals surface area contributed by atoms with E-state index in [4.69, 9.17) is 10.5 Å². The molecule has 0 spiro atoms. The smallest absolute Gasteiger partial charge is 0.146 e. The van der Waals surface area contributed by atoms with E-state index in [9.17, 15) is 0 Å². The van der Waals surface area contributed by atoms with E-state index in [0.29, 0.717) is 12.3 Å². The Balaban J connectivity index is 2.22. The summed E-state index contributed by atoms with van der Waals surface area (Å²) in [7, 11) is 0. The first-order chi connectivity index (χ1) is 8.19. The van der Waals surface area contributed by atoms with E-state index in [1.807, 2.05) is 31.2 Å². The molecule has 0 fully saturated rings. The summed E-state index contributed by atoms with van der Waals surface area (Å²) in [5.74, 6) is 1.50. The number of aromatic nitrogens is 1. The van der Waals surface area contributed by atoms with Gasteiger partial charge in [0.25, 0.3) is 0 Å². The molecule has 1 aromatic carbocycles. The second kappa shape index (κ2) is 5.29. The average molecular weight is 293 g/mol. The second-order valence-electron chi connectivity index (χ2n) is 3.73. The van der Waals surface area contributed by atoms with Gasteiger partial charge in [-0.05, 0) is 52.2 Å². The summed E-state index contributed by atoms with van der Waals surface area (Å²) < 4.78 is 6.60. The van der Waals surface area contributed by atoms with Crippen molar-refractivity contribution < 1.29 is 4.74 Å². The Morgan fingerprint density at radius 3 is 2.71 bits per heavy atom. The summed E-state index contributed by atoms with van der Waals surface area (Å²) in [6.45, 7) is 2.57. The van der Waals surface area contributed by atoms with Crippen LogP contribution in [0.1, 0.15) is 11.1 Å². The van der Waals surface area contributed by atoms with Gasteiger partial charge in [0, 0.05) is 17.2 Å². The molecule has 0 aliphatic heterocycles. The molecule has 4 heteroatoms. The molecule has 3 nitrogen and oxygen atoms in total. The number of benzene rings is 1. The number of ether oxygens (including phenoxy) is 1. The Labute approximate surface area is 109 Å². The highest BCUT2D eigenvalue weighted by molar-refractivity contribution is 9.10. The zero-order valence-electron chi connectivity index (χ0n) is 9.48. The molecule has 0 unspecified atom stereocenters. The summed E-state index contributed by atoms with van der Waals surface area (Å²) in [5, 5.41) is 0. The highest BCUT2D eigenvalue weighted by Gasteiger charge is 2.01. The molecule has 0 atom stereocenters. The lowest BCUT2D eigenvalue weighted by Crippen LogP contribution is -1.98. The van der Waals surface area contributed by atoms with E-state index in [0.717, 1.165) is 21.3 Å². The largest absolute Gasteiger partial charge is 0.456 e. The molecule has 88 valence electrons. The van der Waals surface area contributed by atoms with Gasteiger partial charge in [-0.2, -0.15) is 0 Å². The van der Waals surface area contributed by atoms with Crippen LogP contribution < -0.4 is 10.5 Å². The van der Waals surface area contributed by atoms with Crippen molar-refractivity contribution in [3.63, 3.8) is 0 Å². The normalized spacial score (nSPS) is 10.3. The number of rotatable bonds is 3. The van der Waals surface area contributed by atoms with Crippen LogP contribution in [0.15, 0.2) is 41.1 Å². The number of aryl methyl sites for hydroxylation is 1. The van der Waals surface area contributed by atoms with E-state index in [1.54, 1.807) is 12.4 Å². The number of hydrogen-bond acceptors (Lipinski definition) is 3. The Bertz CT molecular complexity index is 529. The SMILES string of the molecule is Cc1cc(Oc2cncc(Br)c2)ccc1CN. The summed E-state index contributed by atoms with van der Waals surface area (Å²) in [4.78, 5) is 4.04. The van der Waals surface area contributed by atoms with Crippen molar-refractivity contribution in [2.75, 3.05) is 0 Å². The topological polar surface area (TPSA) is 48.1 Å². The van der Waals surface area contributed by atoms with E-state index in [2.05, 4.69) is 20.9 Å². The van der Waals surface area contributed by atoms with Crippen molar-refractivity contribution in [2.45, 2.75) is 13.5 Å². The molecule has 2 rings (SSSR count). The fraction of sp³-hybridized carbons (Fsp3) is 0.154. The van der Waals surface area contributed by atoms with Gasteiger partial charge < -0.3 is 10.5 Å². The average Bonchev–Trinajstić information content (AvgIpc) is 2.29. The third-order valence-electron chi connectivity index (χ3n) is 2.45. The molecule has 0 radical (unpaired) electrons. The fourth-order valence-corrected chi connectivity index (χ4v) is 1.89.